The highest BCUT2D eigenvalue weighted by molar-refractivity contribution is 5.07. The molecule has 0 fully saturated rings. The smallest absolute Gasteiger partial charge is 0.0802 e. The Bertz CT molecular complexity index is 271. The van der Waals surface area contributed by atoms with Crippen LogP contribution in [0.15, 0.2) is 23.8 Å². The van der Waals surface area contributed by atoms with Crippen molar-refractivity contribution in [3.05, 3.63) is 23.8 Å². The van der Waals surface area contributed by atoms with Gasteiger partial charge in [-0.05, 0) is 51.4 Å². The summed E-state index contributed by atoms with van der Waals surface area (Å²) in [5.74, 6) is 1.24. The molecule has 0 saturated carbocycles. The average molecular weight is 222 g/mol. The number of hydrogen-bond donors (Lipinski definition) is 1. The van der Waals surface area contributed by atoms with E-state index in [2.05, 4.69) is 32.9 Å². The molecule has 0 aromatic rings. The molecule has 0 aromatic carbocycles. The van der Waals surface area contributed by atoms with Gasteiger partial charge in [-0.3, -0.25) is 0 Å². The second kappa shape index (κ2) is 5.67. The Kier molecular flexibility index (Phi) is 4.79. The van der Waals surface area contributed by atoms with Gasteiger partial charge in [0.2, 0.25) is 0 Å². The van der Waals surface area contributed by atoms with Crippen molar-refractivity contribution in [3.8, 4) is 0 Å². The Morgan fingerprint density at radius 3 is 2.75 bits per heavy atom. The van der Waals surface area contributed by atoms with Crippen LogP contribution < -0.4 is 0 Å². The number of rotatable bonds is 1. The van der Waals surface area contributed by atoms with Crippen LogP contribution >= 0.6 is 0 Å². The third-order valence-corrected chi connectivity index (χ3v) is 3.57. The highest BCUT2D eigenvalue weighted by atomic mass is 16.3. The highest BCUT2D eigenvalue weighted by Crippen LogP contribution is 2.25. The lowest BCUT2D eigenvalue weighted by Gasteiger charge is -2.23. The van der Waals surface area contributed by atoms with E-state index in [0.29, 0.717) is 11.8 Å². The van der Waals surface area contributed by atoms with Gasteiger partial charge in [-0.15, -0.1) is 0 Å². The van der Waals surface area contributed by atoms with Crippen molar-refractivity contribution in [2.24, 2.45) is 11.8 Å². The molecule has 0 amide bonds. The van der Waals surface area contributed by atoms with Crippen LogP contribution in [0.4, 0.5) is 0 Å². The molecule has 0 aliphatic heterocycles. The minimum Gasteiger partial charge on any atom is -0.386 e. The fraction of sp³-hybridized carbons (Fsp3) is 0.733. The van der Waals surface area contributed by atoms with Gasteiger partial charge in [0.1, 0.15) is 0 Å². The van der Waals surface area contributed by atoms with Crippen molar-refractivity contribution < 1.29 is 5.11 Å². The molecule has 1 aliphatic carbocycles. The summed E-state index contributed by atoms with van der Waals surface area (Å²) in [6, 6.07) is 0. The fourth-order valence-corrected chi connectivity index (χ4v) is 2.17. The Morgan fingerprint density at radius 2 is 2.12 bits per heavy atom. The monoisotopic (exact) mass is 222 g/mol. The first-order valence-corrected chi connectivity index (χ1v) is 6.48. The molecule has 0 bridgehead atoms. The lowest BCUT2D eigenvalue weighted by molar-refractivity contribution is 0.102. The summed E-state index contributed by atoms with van der Waals surface area (Å²) in [5.41, 5.74) is 0.832. The molecule has 1 N–H and O–H groups in total. The molecule has 16 heavy (non-hydrogen) atoms. The molecule has 1 heteroatoms. The molecule has 0 unspecified atom stereocenters. The molecular weight excluding hydrogens is 196 g/mol. The molecule has 0 radical (unpaired) electrons. The van der Waals surface area contributed by atoms with Gasteiger partial charge in [-0.25, -0.2) is 0 Å². The third-order valence-electron chi connectivity index (χ3n) is 3.57. The summed E-state index contributed by atoms with van der Waals surface area (Å²) < 4.78 is 0. The molecule has 92 valence electrons. The van der Waals surface area contributed by atoms with Crippen LogP contribution in [0, 0.1) is 11.8 Å². The summed E-state index contributed by atoms with van der Waals surface area (Å²) in [4.78, 5) is 0. The van der Waals surface area contributed by atoms with Gasteiger partial charge in [-0.2, -0.15) is 0 Å². The molecule has 2 atom stereocenters. The second-order valence-electron chi connectivity index (χ2n) is 5.75. The third kappa shape index (κ3) is 4.52. The predicted octanol–water partition coefficient (Wildman–Crippen LogP) is 4.09. The van der Waals surface area contributed by atoms with Crippen LogP contribution in [-0.4, -0.2) is 10.7 Å². The number of aliphatic hydroxyl groups is 1. The molecule has 1 aliphatic rings. The molecule has 1 nitrogen and oxygen atoms in total. The van der Waals surface area contributed by atoms with Crippen LogP contribution in [0.5, 0.6) is 0 Å². The van der Waals surface area contributed by atoms with Gasteiger partial charge in [0.15, 0.2) is 0 Å². The van der Waals surface area contributed by atoms with Gasteiger partial charge < -0.3 is 5.11 Å². The van der Waals surface area contributed by atoms with E-state index in [1.807, 2.05) is 13.0 Å². The molecular formula is C15H26O. The van der Waals surface area contributed by atoms with E-state index >= 15 is 0 Å². The molecule has 0 heterocycles. The number of allylic oxidation sites excluding steroid dienone is 3. The summed E-state index contributed by atoms with van der Waals surface area (Å²) in [6.45, 7) is 8.63. The zero-order chi connectivity index (χ0) is 12.2. The van der Waals surface area contributed by atoms with E-state index in [0.717, 1.165) is 12.8 Å². The summed E-state index contributed by atoms with van der Waals surface area (Å²) in [5, 5.41) is 10.2. The Morgan fingerprint density at radius 1 is 1.44 bits per heavy atom. The van der Waals surface area contributed by atoms with Crippen LogP contribution in [0.25, 0.3) is 0 Å². The quantitative estimate of drug-likeness (QED) is 0.663. The predicted molar refractivity (Wildman–Crippen MR) is 70.3 cm³/mol. The van der Waals surface area contributed by atoms with Gasteiger partial charge >= 0.3 is 0 Å². The van der Waals surface area contributed by atoms with Crippen molar-refractivity contribution >= 4 is 0 Å². The van der Waals surface area contributed by atoms with E-state index in [4.69, 9.17) is 0 Å². The summed E-state index contributed by atoms with van der Waals surface area (Å²) in [6.07, 6.45) is 10.7. The topological polar surface area (TPSA) is 20.2 Å². The van der Waals surface area contributed by atoms with Crippen molar-refractivity contribution in [1.82, 2.24) is 0 Å². The Balaban J connectivity index is 2.79. The first kappa shape index (κ1) is 13.5. The minimum atomic E-state index is -0.638. The van der Waals surface area contributed by atoms with Crippen LogP contribution in [0.2, 0.25) is 0 Å². The van der Waals surface area contributed by atoms with E-state index < -0.39 is 5.60 Å². The first-order chi connectivity index (χ1) is 7.41. The normalized spacial score (nSPS) is 37.9. The van der Waals surface area contributed by atoms with Crippen molar-refractivity contribution in [2.75, 3.05) is 0 Å². The fourth-order valence-electron chi connectivity index (χ4n) is 2.17. The van der Waals surface area contributed by atoms with Crippen molar-refractivity contribution in [1.29, 1.82) is 0 Å². The Hall–Kier alpha value is -0.560. The van der Waals surface area contributed by atoms with E-state index in [1.54, 1.807) is 0 Å². The Labute approximate surface area is 100 Å². The van der Waals surface area contributed by atoms with Gasteiger partial charge in [0.05, 0.1) is 5.60 Å². The van der Waals surface area contributed by atoms with Crippen LogP contribution in [0.3, 0.4) is 0 Å². The minimum absolute atomic E-state index is 0.591. The second-order valence-corrected chi connectivity index (χ2v) is 5.75. The standard InChI is InChI=1S/C15H26O/c1-12(2)14-8-7-13(3)6-5-10-15(4,16)11-9-14/h6,9,11-12,14,16H,5,7-8,10H2,1-4H3/b11-9+,13-6-/t14-,15-/m1/s1. The van der Waals surface area contributed by atoms with Gasteiger partial charge in [-0.1, -0.05) is 37.6 Å². The van der Waals surface area contributed by atoms with E-state index in [-0.39, 0.29) is 0 Å². The lowest BCUT2D eigenvalue weighted by atomic mass is 9.86. The summed E-state index contributed by atoms with van der Waals surface area (Å²) in [7, 11) is 0. The SMILES string of the molecule is C/C1=C/CC[C@@](C)(O)/C=C/[C@H](C(C)C)CC1. The lowest BCUT2D eigenvalue weighted by Crippen LogP contribution is -2.21. The van der Waals surface area contributed by atoms with Gasteiger partial charge in [0, 0.05) is 0 Å². The van der Waals surface area contributed by atoms with E-state index in [9.17, 15) is 5.11 Å². The molecule has 0 saturated heterocycles. The largest absolute Gasteiger partial charge is 0.386 e. The van der Waals surface area contributed by atoms with E-state index in [1.165, 1.54) is 18.4 Å². The average Bonchev–Trinajstić information content (AvgIpc) is 2.16. The zero-order valence-corrected chi connectivity index (χ0v) is 11.2. The summed E-state index contributed by atoms with van der Waals surface area (Å²) >= 11 is 0. The molecule has 0 aromatic heterocycles. The van der Waals surface area contributed by atoms with Crippen LogP contribution in [0.1, 0.15) is 53.4 Å². The maximum Gasteiger partial charge on any atom is 0.0802 e. The van der Waals surface area contributed by atoms with Crippen molar-refractivity contribution in [3.63, 3.8) is 0 Å². The maximum absolute atomic E-state index is 10.2. The van der Waals surface area contributed by atoms with Crippen LogP contribution in [-0.2, 0) is 0 Å². The first-order valence-electron chi connectivity index (χ1n) is 6.48. The van der Waals surface area contributed by atoms with Gasteiger partial charge in [0.25, 0.3) is 0 Å². The molecule has 0 spiro atoms. The zero-order valence-electron chi connectivity index (χ0n) is 11.2. The maximum atomic E-state index is 10.2. The highest BCUT2D eigenvalue weighted by Gasteiger charge is 2.18. The molecule has 1 rings (SSSR count). The van der Waals surface area contributed by atoms with Crippen molar-refractivity contribution in [2.45, 2.75) is 59.0 Å². The number of hydrogen-bond acceptors (Lipinski definition) is 1.